The lowest BCUT2D eigenvalue weighted by Crippen LogP contribution is -2.52. The molecule has 0 spiro atoms. The lowest BCUT2D eigenvalue weighted by atomic mass is 10.00. The Hall–Kier alpha value is -3.36. The monoisotopic (exact) mass is 469 g/mol. The fraction of sp³-hybridized carbons (Fsp3) is 0.407. The number of rotatable bonds is 6. The molecular formula is C27H31N7O. The molecule has 0 bridgehead atoms. The van der Waals surface area contributed by atoms with Crippen LogP contribution in [-0.4, -0.2) is 67.2 Å². The van der Waals surface area contributed by atoms with E-state index in [9.17, 15) is 4.79 Å². The van der Waals surface area contributed by atoms with E-state index in [1.165, 1.54) is 24.9 Å². The SMILES string of the molecule is CCc1ccc2[nH]c(=O)c([C@@H](c3nnnn3Cc3ccccc3)N3CCN4CCC[C@H]4C3)cc2c1. The highest BCUT2D eigenvalue weighted by Crippen LogP contribution is 2.32. The summed E-state index contributed by atoms with van der Waals surface area (Å²) in [5, 5.41) is 13.9. The molecule has 0 saturated carbocycles. The van der Waals surface area contributed by atoms with Gasteiger partial charge in [0, 0.05) is 36.8 Å². The smallest absolute Gasteiger partial charge is 0.253 e. The van der Waals surface area contributed by atoms with Crippen LogP contribution >= 0.6 is 0 Å². The summed E-state index contributed by atoms with van der Waals surface area (Å²) < 4.78 is 1.85. The van der Waals surface area contributed by atoms with Gasteiger partial charge in [0.2, 0.25) is 0 Å². The number of aryl methyl sites for hydroxylation is 1. The number of nitrogens with one attached hydrogen (secondary N) is 1. The summed E-state index contributed by atoms with van der Waals surface area (Å²) in [5.74, 6) is 0.719. The number of hydrogen-bond acceptors (Lipinski definition) is 6. The van der Waals surface area contributed by atoms with Gasteiger partial charge >= 0.3 is 0 Å². The van der Waals surface area contributed by atoms with Gasteiger partial charge in [-0.3, -0.25) is 14.6 Å². The van der Waals surface area contributed by atoms with Crippen LogP contribution in [-0.2, 0) is 13.0 Å². The van der Waals surface area contributed by atoms with Crippen molar-refractivity contribution < 1.29 is 0 Å². The van der Waals surface area contributed by atoms with Crippen LogP contribution in [0.4, 0.5) is 0 Å². The largest absolute Gasteiger partial charge is 0.322 e. The van der Waals surface area contributed by atoms with E-state index in [1.54, 1.807) is 0 Å². The normalized spacial score (nSPS) is 19.7. The molecule has 0 unspecified atom stereocenters. The topological polar surface area (TPSA) is 82.9 Å². The molecule has 2 aliphatic heterocycles. The minimum absolute atomic E-state index is 0.0742. The average molecular weight is 470 g/mol. The highest BCUT2D eigenvalue weighted by Gasteiger charge is 2.37. The summed E-state index contributed by atoms with van der Waals surface area (Å²) in [5.41, 5.74) is 3.87. The van der Waals surface area contributed by atoms with Crippen LogP contribution in [0.15, 0.2) is 59.4 Å². The number of tetrazole rings is 1. The van der Waals surface area contributed by atoms with E-state index in [-0.39, 0.29) is 11.6 Å². The minimum atomic E-state index is -0.310. The number of nitrogens with zero attached hydrogens (tertiary/aromatic N) is 6. The van der Waals surface area contributed by atoms with E-state index >= 15 is 0 Å². The van der Waals surface area contributed by atoms with Gasteiger partial charge in [0.05, 0.1) is 6.54 Å². The Kier molecular flexibility index (Phi) is 5.91. The molecule has 0 amide bonds. The number of piperazine rings is 1. The predicted octanol–water partition coefficient (Wildman–Crippen LogP) is 2.99. The second-order valence-corrected chi connectivity index (χ2v) is 9.74. The molecule has 6 rings (SSSR count). The number of pyridine rings is 1. The third-order valence-corrected chi connectivity index (χ3v) is 7.60. The molecule has 2 atom stereocenters. The fourth-order valence-electron chi connectivity index (χ4n) is 5.72. The Morgan fingerprint density at radius 2 is 1.94 bits per heavy atom. The Labute approximate surface area is 204 Å². The van der Waals surface area contributed by atoms with Gasteiger partial charge in [0.15, 0.2) is 5.82 Å². The maximum Gasteiger partial charge on any atom is 0.253 e. The molecule has 4 heterocycles. The molecule has 4 aromatic rings. The summed E-state index contributed by atoms with van der Waals surface area (Å²) in [6.07, 6.45) is 3.39. The van der Waals surface area contributed by atoms with Crippen LogP contribution in [0, 0.1) is 0 Å². The van der Waals surface area contributed by atoms with E-state index < -0.39 is 0 Å². The van der Waals surface area contributed by atoms with Crippen molar-refractivity contribution in [3.63, 3.8) is 0 Å². The maximum absolute atomic E-state index is 13.5. The van der Waals surface area contributed by atoms with Crippen molar-refractivity contribution in [1.82, 2.24) is 35.0 Å². The van der Waals surface area contributed by atoms with Crippen molar-refractivity contribution in [3.8, 4) is 0 Å². The van der Waals surface area contributed by atoms with Gasteiger partial charge in [-0.2, -0.15) is 0 Å². The Morgan fingerprint density at radius 3 is 2.80 bits per heavy atom. The van der Waals surface area contributed by atoms with E-state index in [0.717, 1.165) is 48.3 Å². The molecule has 8 nitrogen and oxygen atoms in total. The predicted molar refractivity (Wildman–Crippen MR) is 135 cm³/mol. The van der Waals surface area contributed by atoms with E-state index in [4.69, 9.17) is 0 Å². The van der Waals surface area contributed by atoms with Crippen molar-refractivity contribution in [1.29, 1.82) is 0 Å². The lowest BCUT2D eigenvalue weighted by molar-refractivity contribution is 0.0790. The average Bonchev–Trinajstić information content (AvgIpc) is 3.54. The number of hydrogen-bond donors (Lipinski definition) is 1. The maximum atomic E-state index is 13.5. The molecule has 35 heavy (non-hydrogen) atoms. The van der Waals surface area contributed by atoms with Gasteiger partial charge in [0.25, 0.3) is 5.56 Å². The first kappa shape index (κ1) is 22.1. The molecule has 8 heteroatoms. The second-order valence-electron chi connectivity index (χ2n) is 9.74. The van der Waals surface area contributed by atoms with E-state index in [2.05, 4.69) is 67.6 Å². The van der Waals surface area contributed by atoms with Gasteiger partial charge in [-0.25, -0.2) is 4.68 Å². The molecule has 180 valence electrons. The number of aromatic nitrogens is 5. The Bertz CT molecular complexity index is 1380. The second kappa shape index (κ2) is 9.36. The summed E-state index contributed by atoms with van der Waals surface area (Å²) >= 11 is 0. The summed E-state index contributed by atoms with van der Waals surface area (Å²) in [6.45, 7) is 6.68. The third-order valence-electron chi connectivity index (χ3n) is 7.60. The zero-order valence-corrected chi connectivity index (χ0v) is 20.1. The molecule has 2 aromatic heterocycles. The van der Waals surface area contributed by atoms with Crippen molar-refractivity contribution in [3.05, 3.63) is 87.5 Å². The highest BCUT2D eigenvalue weighted by molar-refractivity contribution is 5.80. The van der Waals surface area contributed by atoms with Crippen LogP contribution < -0.4 is 5.56 Å². The zero-order chi connectivity index (χ0) is 23.8. The number of aromatic amines is 1. The van der Waals surface area contributed by atoms with Crippen LogP contribution in [0.3, 0.4) is 0 Å². The fourth-order valence-corrected chi connectivity index (χ4v) is 5.72. The minimum Gasteiger partial charge on any atom is -0.322 e. The first-order valence-corrected chi connectivity index (χ1v) is 12.6. The molecular weight excluding hydrogens is 438 g/mol. The van der Waals surface area contributed by atoms with Crippen LogP contribution in [0.1, 0.15) is 48.3 Å². The molecule has 0 aliphatic carbocycles. The molecule has 1 N–H and O–H groups in total. The molecule has 2 aromatic carbocycles. The van der Waals surface area contributed by atoms with Gasteiger partial charge in [-0.15, -0.1) is 5.10 Å². The number of H-pyrrole nitrogens is 1. The Balaban J connectivity index is 1.46. The van der Waals surface area contributed by atoms with Gasteiger partial charge < -0.3 is 4.98 Å². The summed E-state index contributed by atoms with van der Waals surface area (Å²) in [6, 6.07) is 18.7. The molecule has 2 aliphatic rings. The van der Waals surface area contributed by atoms with Gasteiger partial charge in [0.1, 0.15) is 6.04 Å². The van der Waals surface area contributed by atoms with Crippen molar-refractivity contribution in [2.75, 3.05) is 26.2 Å². The van der Waals surface area contributed by atoms with Gasteiger partial charge in [-0.05, 0) is 70.9 Å². The standard InChI is InChI=1S/C27H31N7O/c1-2-19-10-11-24-21(15-19)16-23(27(35)28-24)25(33-14-13-32-12-6-9-22(32)18-33)26-29-30-31-34(26)17-20-7-4-3-5-8-20/h3-5,7-8,10-11,15-16,22,25H,2,6,9,12-14,17-18H2,1H3,(H,28,35)/t22-,25-/m0/s1. The summed E-state index contributed by atoms with van der Waals surface area (Å²) in [4.78, 5) is 21.6. The van der Waals surface area contributed by atoms with Gasteiger partial charge in [-0.1, -0.05) is 43.3 Å². The van der Waals surface area contributed by atoms with Crippen molar-refractivity contribution in [2.45, 2.75) is 44.8 Å². The zero-order valence-electron chi connectivity index (χ0n) is 20.1. The quantitative estimate of drug-likeness (QED) is 0.468. The molecule has 0 radical (unpaired) electrons. The molecule has 2 fully saturated rings. The van der Waals surface area contributed by atoms with Crippen molar-refractivity contribution >= 4 is 10.9 Å². The highest BCUT2D eigenvalue weighted by atomic mass is 16.1. The summed E-state index contributed by atoms with van der Waals surface area (Å²) in [7, 11) is 0. The van der Waals surface area contributed by atoms with Crippen LogP contribution in [0.5, 0.6) is 0 Å². The van der Waals surface area contributed by atoms with Crippen molar-refractivity contribution in [2.24, 2.45) is 0 Å². The van der Waals surface area contributed by atoms with E-state index in [1.807, 2.05) is 28.9 Å². The number of benzene rings is 2. The first-order chi connectivity index (χ1) is 17.2. The number of fused-ring (bicyclic) bond motifs is 2. The first-order valence-electron chi connectivity index (χ1n) is 12.6. The molecule has 2 saturated heterocycles. The lowest BCUT2D eigenvalue weighted by Gasteiger charge is -2.41. The van der Waals surface area contributed by atoms with Crippen LogP contribution in [0.25, 0.3) is 10.9 Å². The van der Waals surface area contributed by atoms with E-state index in [0.29, 0.717) is 18.2 Å². The Morgan fingerprint density at radius 1 is 1.06 bits per heavy atom. The van der Waals surface area contributed by atoms with Crippen LogP contribution in [0.2, 0.25) is 0 Å². The third kappa shape index (κ3) is 4.28.